The van der Waals surface area contributed by atoms with E-state index in [9.17, 15) is 0 Å². The monoisotopic (exact) mass is 438 g/mol. The maximum Gasteiger partial charge on any atom is 0.170 e. The number of aromatic nitrogens is 2. The molecule has 1 aliphatic heterocycles. The first kappa shape index (κ1) is 19.5. The Morgan fingerprint density at radius 2 is 1.69 bits per heavy atom. The van der Waals surface area contributed by atoms with Crippen LogP contribution in [-0.2, 0) is 0 Å². The van der Waals surface area contributed by atoms with Gasteiger partial charge >= 0.3 is 0 Å². The Morgan fingerprint density at radius 3 is 2.50 bits per heavy atom. The van der Waals surface area contributed by atoms with Gasteiger partial charge in [-0.25, -0.2) is 0 Å². The molecule has 0 bridgehead atoms. The van der Waals surface area contributed by atoms with E-state index in [0.29, 0.717) is 6.04 Å². The fraction of sp³-hybridized carbons (Fsp3) is 0.259. The SMILES string of the molecule is S=C1N[C@H](c2ccccn2)[C@@H](c2cccn2-c2ccc3ccccc3c2)N1C1CCCC1. The van der Waals surface area contributed by atoms with Gasteiger partial charge in [0.1, 0.15) is 0 Å². The van der Waals surface area contributed by atoms with Crippen LogP contribution in [0.25, 0.3) is 16.5 Å². The number of nitrogens with one attached hydrogen (secondary N) is 1. The first-order chi connectivity index (χ1) is 15.8. The molecule has 0 spiro atoms. The number of thiocarbonyl (C=S) groups is 1. The zero-order chi connectivity index (χ0) is 21.5. The average Bonchev–Trinajstić information content (AvgIpc) is 3.59. The Morgan fingerprint density at radius 1 is 0.875 bits per heavy atom. The second-order valence-electron chi connectivity index (χ2n) is 8.81. The van der Waals surface area contributed by atoms with Crippen LogP contribution in [0.3, 0.4) is 0 Å². The van der Waals surface area contributed by atoms with Crippen molar-refractivity contribution < 1.29 is 0 Å². The van der Waals surface area contributed by atoms with Crippen molar-refractivity contribution >= 4 is 28.1 Å². The zero-order valence-corrected chi connectivity index (χ0v) is 18.7. The summed E-state index contributed by atoms with van der Waals surface area (Å²) < 4.78 is 2.32. The largest absolute Gasteiger partial charge is 0.352 e. The van der Waals surface area contributed by atoms with Gasteiger partial charge in [-0.05, 0) is 72.2 Å². The summed E-state index contributed by atoms with van der Waals surface area (Å²) in [4.78, 5) is 7.17. The highest BCUT2D eigenvalue weighted by Crippen LogP contribution is 2.43. The van der Waals surface area contributed by atoms with Crippen molar-refractivity contribution in [2.45, 2.75) is 43.8 Å². The van der Waals surface area contributed by atoms with Gasteiger partial charge in [0.05, 0.1) is 17.8 Å². The van der Waals surface area contributed by atoms with Gasteiger partial charge in [0.2, 0.25) is 0 Å². The molecule has 2 atom stereocenters. The third-order valence-electron chi connectivity index (χ3n) is 6.95. The summed E-state index contributed by atoms with van der Waals surface area (Å²) in [6, 6.07) is 26.3. The van der Waals surface area contributed by atoms with Crippen LogP contribution in [0, 0.1) is 0 Å². The summed E-state index contributed by atoms with van der Waals surface area (Å²) in [6.45, 7) is 0. The minimum absolute atomic E-state index is 0.0263. The van der Waals surface area contributed by atoms with E-state index < -0.39 is 0 Å². The third-order valence-corrected chi connectivity index (χ3v) is 7.28. The lowest BCUT2D eigenvalue weighted by Gasteiger charge is -2.33. The Hall–Kier alpha value is -3.18. The summed E-state index contributed by atoms with van der Waals surface area (Å²) in [5.41, 5.74) is 3.45. The number of pyridine rings is 1. The second-order valence-corrected chi connectivity index (χ2v) is 9.19. The lowest BCUT2D eigenvalue weighted by atomic mass is 9.99. The first-order valence-corrected chi connectivity index (χ1v) is 11.9. The minimum atomic E-state index is 0.0263. The van der Waals surface area contributed by atoms with E-state index >= 15 is 0 Å². The van der Waals surface area contributed by atoms with Crippen molar-refractivity contribution in [3.63, 3.8) is 0 Å². The highest BCUT2D eigenvalue weighted by atomic mass is 32.1. The summed E-state index contributed by atoms with van der Waals surface area (Å²) in [6.07, 6.45) is 8.99. The van der Waals surface area contributed by atoms with E-state index in [2.05, 4.69) is 87.7 Å². The Kier molecular flexibility index (Phi) is 4.91. The van der Waals surface area contributed by atoms with E-state index in [1.54, 1.807) is 0 Å². The van der Waals surface area contributed by atoms with Gasteiger partial charge in [-0.3, -0.25) is 4.98 Å². The predicted octanol–water partition coefficient (Wildman–Crippen LogP) is 5.94. The van der Waals surface area contributed by atoms with Crippen molar-refractivity contribution in [1.82, 2.24) is 19.8 Å². The molecule has 0 radical (unpaired) electrons. The summed E-state index contributed by atoms with van der Waals surface area (Å²) in [5.74, 6) is 0. The molecule has 6 rings (SSSR count). The maximum absolute atomic E-state index is 5.91. The lowest BCUT2D eigenvalue weighted by molar-refractivity contribution is 0.239. The van der Waals surface area contributed by atoms with Gasteiger partial charge in [0, 0.05) is 29.8 Å². The molecule has 1 aliphatic carbocycles. The molecule has 3 heterocycles. The quantitative estimate of drug-likeness (QED) is 0.400. The third kappa shape index (κ3) is 3.28. The molecule has 5 heteroatoms. The molecule has 2 aromatic carbocycles. The van der Waals surface area contributed by atoms with Crippen molar-refractivity contribution in [3.05, 3.63) is 96.6 Å². The molecule has 2 aromatic heterocycles. The number of rotatable bonds is 4. The minimum Gasteiger partial charge on any atom is -0.352 e. The van der Waals surface area contributed by atoms with Crippen LogP contribution in [0.5, 0.6) is 0 Å². The molecule has 4 aromatic rings. The zero-order valence-electron chi connectivity index (χ0n) is 17.9. The molecule has 2 fully saturated rings. The molecule has 32 heavy (non-hydrogen) atoms. The molecule has 160 valence electrons. The normalized spacial score (nSPS) is 21.4. The molecule has 0 amide bonds. The summed E-state index contributed by atoms with van der Waals surface area (Å²) in [7, 11) is 0. The van der Waals surface area contributed by atoms with Crippen LogP contribution in [0.4, 0.5) is 0 Å². The number of fused-ring (bicyclic) bond motifs is 1. The molecular weight excluding hydrogens is 412 g/mol. The van der Waals surface area contributed by atoms with Gasteiger partial charge in [0.15, 0.2) is 5.11 Å². The Labute approximate surface area is 193 Å². The Balaban J connectivity index is 1.48. The van der Waals surface area contributed by atoms with Gasteiger partial charge < -0.3 is 14.8 Å². The fourth-order valence-corrected chi connectivity index (χ4v) is 5.84. The molecule has 4 nitrogen and oxygen atoms in total. The highest BCUT2D eigenvalue weighted by Gasteiger charge is 2.44. The van der Waals surface area contributed by atoms with Crippen molar-refractivity contribution in [3.8, 4) is 5.69 Å². The molecule has 1 saturated carbocycles. The smallest absolute Gasteiger partial charge is 0.170 e. The van der Waals surface area contributed by atoms with Crippen molar-refractivity contribution in [1.29, 1.82) is 0 Å². The predicted molar refractivity (Wildman–Crippen MR) is 133 cm³/mol. The second kappa shape index (κ2) is 8.06. The Bertz CT molecular complexity index is 1260. The molecular formula is C27H26N4S. The first-order valence-electron chi connectivity index (χ1n) is 11.5. The van der Waals surface area contributed by atoms with Gasteiger partial charge in [-0.1, -0.05) is 49.2 Å². The molecule has 1 saturated heterocycles. The molecule has 2 aliphatic rings. The van der Waals surface area contributed by atoms with Crippen molar-refractivity contribution in [2.75, 3.05) is 0 Å². The number of benzene rings is 2. The summed E-state index contributed by atoms with van der Waals surface area (Å²) in [5, 5.41) is 6.98. The molecule has 1 N–H and O–H groups in total. The molecule has 0 unspecified atom stereocenters. The van der Waals surface area contributed by atoms with Crippen LogP contribution in [0.1, 0.15) is 49.2 Å². The van der Waals surface area contributed by atoms with E-state index in [1.807, 2.05) is 12.3 Å². The van der Waals surface area contributed by atoms with Gasteiger partial charge in [0.25, 0.3) is 0 Å². The number of hydrogen-bond acceptors (Lipinski definition) is 2. The van der Waals surface area contributed by atoms with Crippen LogP contribution < -0.4 is 5.32 Å². The maximum atomic E-state index is 5.91. The lowest BCUT2D eigenvalue weighted by Crippen LogP contribution is -2.38. The van der Waals surface area contributed by atoms with Gasteiger partial charge in [-0.2, -0.15) is 0 Å². The van der Waals surface area contributed by atoms with E-state index in [0.717, 1.165) is 10.8 Å². The van der Waals surface area contributed by atoms with Crippen LogP contribution in [0.15, 0.2) is 85.2 Å². The van der Waals surface area contributed by atoms with Crippen LogP contribution >= 0.6 is 12.2 Å². The van der Waals surface area contributed by atoms with Gasteiger partial charge in [-0.15, -0.1) is 0 Å². The van der Waals surface area contributed by atoms with E-state index in [1.165, 1.54) is 47.8 Å². The average molecular weight is 439 g/mol. The van der Waals surface area contributed by atoms with Crippen molar-refractivity contribution in [2.24, 2.45) is 0 Å². The van der Waals surface area contributed by atoms with E-state index in [-0.39, 0.29) is 12.1 Å². The van der Waals surface area contributed by atoms with Crippen LogP contribution in [0.2, 0.25) is 0 Å². The van der Waals surface area contributed by atoms with E-state index in [4.69, 9.17) is 17.2 Å². The summed E-state index contributed by atoms with van der Waals surface area (Å²) >= 11 is 5.91. The standard InChI is InChI=1S/C27H26N4S/c32-27-29-25(23-12-5-6-16-28-23)26(31(27)21-10-3-4-11-21)24-13-7-17-30(24)22-15-14-19-8-1-2-9-20(19)18-22/h1-2,5-9,12-18,21,25-26H,3-4,10-11H2,(H,29,32)/t25-,26-/m1/s1. The van der Waals surface area contributed by atoms with Crippen LogP contribution in [-0.4, -0.2) is 25.6 Å². The fourth-order valence-electron chi connectivity index (χ4n) is 5.45. The highest BCUT2D eigenvalue weighted by molar-refractivity contribution is 7.80. The number of nitrogens with zero attached hydrogens (tertiary/aromatic N) is 3. The topological polar surface area (TPSA) is 33.1 Å². The number of hydrogen-bond donors (Lipinski definition) is 1.